The van der Waals surface area contributed by atoms with Crippen LogP contribution in [0.1, 0.15) is 39.0 Å². The molecule has 1 saturated heterocycles. The van der Waals surface area contributed by atoms with E-state index in [4.69, 9.17) is 0 Å². The van der Waals surface area contributed by atoms with Crippen molar-refractivity contribution in [2.24, 2.45) is 5.92 Å². The predicted octanol–water partition coefficient (Wildman–Crippen LogP) is 0.819. The number of carbonyl (C=O) groups is 2. The van der Waals surface area contributed by atoms with Crippen LogP contribution in [0.5, 0.6) is 0 Å². The van der Waals surface area contributed by atoms with E-state index in [0.717, 1.165) is 13.0 Å². The van der Waals surface area contributed by atoms with Crippen LogP contribution in [-0.4, -0.2) is 24.9 Å². The third-order valence-corrected chi connectivity index (χ3v) is 2.68. The summed E-state index contributed by atoms with van der Waals surface area (Å²) in [4.78, 5) is 22.4. The van der Waals surface area contributed by atoms with Crippen molar-refractivity contribution in [1.82, 2.24) is 10.6 Å². The first-order valence-electron chi connectivity index (χ1n) is 5.78. The lowest BCUT2D eigenvalue weighted by atomic mass is 10.1. The Bertz CT molecular complexity index is 229. The third-order valence-electron chi connectivity index (χ3n) is 2.68. The van der Waals surface area contributed by atoms with Gasteiger partial charge in [0, 0.05) is 19.5 Å². The molecule has 0 spiro atoms. The molecule has 0 radical (unpaired) electrons. The molecule has 4 nitrogen and oxygen atoms in total. The maximum atomic E-state index is 11.5. The van der Waals surface area contributed by atoms with E-state index < -0.39 is 0 Å². The maximum absolute atomic E-state index is 11.5. The van der Waals surface area contributed by atoms with Crippen LogP contribution in [0.15, 0.2) is 0 Å². The summed E-state index contributed by atoms with van der Waals surface area (Å²) in [6.45, 7) is 3.40. The zero-order valence-electron chi connectivity index (χ0n) is 9.34. The van der Waals surface area contributed by atoms with Crippen molar-refractivity contribution in [2.45, 2.75) is 39.0 Å². The highest BCUT2D eigenvalue weighted by molar-refractivity contribution is 5.89. The Hall–Kier alpha value is -1.06. The van der Waals surface area contributed by atoms with Crippen molar-refractivity contribution in [3.8, 4) is 0 Å². The number of hydrogen-bond donors (Lipinski definition) is 2. The Balaban J connectivity index is 2.06. The van der Waals surface area contributed by atoms with Gasteiger partial charge in [-0.25, -0.2) is 0 Å². The van der Waals surface area contributed by atoms with Crippen LogP contribution in [-0.2, 0) is 9.59 Å². The van der Waals surface area contributed by atoms with Gasteiger partial charge < -0.3 is 10.6 Å². The van der Waals surface area contributed by atoms with E-state index in [2.05, 4.69) is 17.6 Å². The molecule has 1 fully saturated rings. The van der Waals surface area contributed by atoms with Gasteiger partial charge in [0.2, 0.25) is 11.8 Å². The summed E-state index contributed by atoms with van der Waals surface area (Å²) < 4.78 is 0. The van der Waals surface area contributed by atoms with Gasteiger partial charge in [-0.3, -0.25) is 9.59 Å². The van der Waals surface area contributed by atoms with Gasteiger partial charge in [0.1, 0.15) is 0 Å². The lowest BCUT2D eigenvalue weighted by Gasteiger charge is -2.08. The van der Waals surface area contributed by atoms with Crippen molar-refractivity contribution in [3.63, 3.8) is 0 Å². The number of rotatable bonds is 6. The fraction of sp³-hybridized carbons (Fsp3) is 0.818. The van der Waals surface area contributed by atoms with Crippen LogP contribution < -0.4 is 10.6 Å². The molecule has 0 aromatic carbocycles. The van der Waals surface area contributed by atoms with Crippen molar-refractivity contribution in [2.75, 3.05) is 13.1 Å². The summed E-state index contributed by atoms with van der Waals surface area (Å²) in [6, 6.07) is 0. The molecule has 1 rings (SSSR count). The molecule has 0 aromatic rings. The van der Waals surface area contributed by atoms with Gasteiger partial charge in [0.15, 0.2) is 0 Å². The molecule has 86 valence electrons. The summed E-state index contributed by atoms with van der Waals surface area (Å²) in [6.07, 6.45) is 4.97. The molecule has 15 heavy (non-hydrogen) atoms. The molecule has 1 aliphatic rings. The van der Waals surface area contributed by atoms with Gasteiger partial charge in [0.05, 0.1) is 5.92 Å². The van der Waals surface area contributed by atoms with Crippen molar-refractivity contribution in [3.05, 3.63) is 0 Å². The van der Waals surface area contributed by atoms with E-state index in [-0.39, 0.29) is 17.7 Å². The molecule has 2 N–H and O–H groups in total. The summed E-state index contributed by atoms with van der Waals surface area (Å²) in [5.41, 5.74) is 0. The molecule has 0 saturated carbocycles. The second-order valence-electron chi connectivity index (χ2n) is 4.06. The first-order chi connectivity index (χ1) is 7.24. The van der Waals surface area contributed by atoms with Crippen LogP contribution in [0.3, 0.4) is 0 Å². The van der Waals surface area contributed by atoms with Gasteiger partial charge in [-0.15, -0.1) is 0 Å². The minimum absolute atomic E-state index is 0.0128. The SMILES string of the molecule is CCCCCCNC(=O)C1CNC(=O)C1. The smallest absolute Gasteiger partial charge is 0.225 e. The van der Waals surface area contributed by atoms with E-state index >= 15 is 0 Å². The average Bonchev–Trinajstić information content (AvgIpc) is 2.64. The van der Waals surface area contributed by atoms with Crippen LogP contribution in [0.25, 0.3) is 0 Å². The summed E-state index contributed by atoms with van der Waals surface area (Å²) in [7, 11) is 0. The number of carbonyl (C=O) groups excluding carboxylic acids is 2. The van der Waals surface area contributed by atoms with Crippen LogP contribution in [0.4, 0.5) is 0 Å². The first kappa shape index (κ1) is 12.0. The zero-order chi connectivity index (χ0) is 11.1. The van der Waals surface area contributed by atoms with E-state index in [1.54, 1.807) is 0 Å². The lowest BCUT2D eigenvalue weighted by Crippen LogP contribution is -2.32. The monoisotopic (exact) mass is 212 g/mol. The lowest BCUT2D eigenvalue weighted by molar-refractivity contribution is -0.126. The second-order valence-corrected chi connectivity index (χ2v) is 4.06. The Morgan fingerprint density at radius 3 is 2.87 bits per heavy atom. The maximum Gasteiger partial charge on any atom is 0.225 e. The molecule has 4 heteroatoms. The van der Waals surface area contributed by atoms with E-state index in [0.29, 0.717) is 13.0 Å². The van der Waals surface area contributed by atoms with Crippen LogP contribution >= 0.6 is 0 Å². The molecule has 0 bridgehead atoms. The fourth-order valence-corrected chi connectivity index (χ4v) is 1.70. The molecular formula is C11H20N2O2. The Kier molecular flexibility index (Phi) is 5.15. The molecule has 0 aromatic heterocycles. The standard InChI is InChI=1S/C11H20N2O2/c1-2-3-4-5-6-12-11(15)9-7-10(14)13-8-9/h9H,2-8H2,1H3,(H,12,15)(H,13,14). The van der Waals surface area contributed by atoms with Gasteiger partial charge in [-0.2, -0.15) is 0 Å². The van der Waals surface area contributed by atoms with Crippen molar-refractivity contribution >= 4 is 11.8 Å². The molecule has 2 amide bonds. The highest BCUT2D eigenvalue weighted by Crippen LogP contribution is 2.08. The highest BCUT2D eigenvalue weighted by atomic mass is 16.2. The molecule has 1 aliphatic heterocycles. The minimum atomic E-state index is -0.149. The Morgan fingerprint density at radius 2 is 2.27 bits per heavy atom. The largest absolute Gasteiger partial charge is 0.356 e. The van der Waals surface area contributed by atoms with Gasteiger partial charge in [-0.1, -0.05) is 26.2 Å². The fourth-order valence-electron chi connectivity index (χ4n) is 1.70. The van der Waals surface area contributed by atoms with E-state index in [1.165, 1.54) is 19.3 Å². The molecule has 1 unspecified atom stereocenters. The normalized spacial score (nSPS) is 20.1. The Labute approximate surface area is 90.8 Å². The predicted molar refractivity (Wildman–Crippen MR) is 58.3 cm³/mol. The average molecular weight is 212 g/mol. The summed E-state index contributed by atoms with van der Waals surface area (Å²) >= 11 is 0. The van der Waals surface area contributed by atoms with Crippen LogP contribution in [0, 0.1) is 5.92 Å². The number of amides is 2. The molecule has 0 aliphatic carbocycles. The van der Waals surface area contributed by atoms with Crippen molar-refractivity contribution < 1.29 is 9.59 Å². The number of unbranched alkanes of at least 4 members (excludes halogenated alkanes) is 3. The topological polar surface area (TPSA) is 58.2 Å². The zero-order valence-corrected chi connectivity index (χ0v) is 9.34. The van der Waals surface area contributed by atoms with E-state index in [9.17, 15) is 9.59 Å². The molecule has 1 atom stereocenters. The quantitative estimate of drug-likeness (QED) is 0.640. The van der Waals surface area contributed by atoms with Gasteiger partial charge in [0.25, 0.3) is 0 Å². The van der Waals surface area contributed by atoms with Crippen molar-refractivity contribution in [1.29, 1.82) is 0 Å². The first-order valence-corrected chi connectivity index (χ1v) is 5.78. The minimum Gasteiger partial charge on any atom is -0.356 e. The summed E-state index contributed by atoms with van der Waals surface area (Å²) in [5, 5.41) is 5.53. The van der Waals surface area contributed by atoms with Gasteiger partial charge >= 0.3 is 0 Å². The number of nitrogens with one attached hydrogen (secondary N) is 2. The van der Waals surface area contributed by atoms with Gasteiger partial charge in [-0.05, 0) is 6.42 Å². The van der Waals surface area contributed by atoms with E-state index in [1.807, 2.05) is 0 Å². The summed E-state index contributed by atoms with van der Waals surface area (Å²) in [5.74, 6) is -0.144. The molecule has 1 heterocycles. The number of hydrogen-bond acceptors (Lipinski definition) is 2. The Morgan fingerprint density at radius 1 is 1.47 bits per heavy atom. The highest BCUT2D eigenvalue weighted by Gasteiger charge is 2.27. The third kappa shape index (κ3) is 4.32. The van der Waals surface area contributed by atoms with Crippen LogP contribution in [0.2, 0.25) is 0 Å². The molecular weight excluding hydrogens is 192 g/mol. The second kappa shape index (κ2) is 6.43.